The molecular weight excluding hydrogens is 410 g/mol. The first-order chi connectivity index (χ1) is 14.8. The Kier molecular flexibility index (Phi) is 5.82. The van der Waals surface area contributed by atoms with Crippen molar-refractivity contribution < 1.29 is 9.26 Å². The van der Waals surface area contributed by atoms with Gasteiger partial charge >= 0.3 is 0 Å². The Hall–Kier alpha value is -3.13. The Morgan fingerprint density at radius 1 is 1.00 bits per heavy atom. The molecule has 0 amide bonds. The second-order valence-electron chi connectivity index (χ2n) is 8.26. The highest BCUT2D eigenvalue weighted by molar-refractivity contribution is 7.98. The van der Waals surface area contributed by atoms with Crippen LogP contribution in [-0.2, 0) is 11.2 Å². The van der Waals surface area contributed by atoms with Gasteiger partial charge in [-0.2, -0.15) is 4.98 Å². The van der Waals surface area contributed by atoms with Gasteiger partial charge in [-0.05, 0) is 43.3 Å². The first-order valence-corrected chi connectivity index (χ1v) is 11.0. The molecule has 4 aromatic rings. The van der Waals surface area contributed by atoms with Gasteiger partial charge in [-0.25, -0.2) is 0 Å². The Labute approximate surface area is 185 Å². The predicted octanol–water partition coefficient (Wildman–Crippen LogP) is 5.22. The summed E-state index contributed by atoms with van der Waals surface area (Å²) in [5.74, 6) is 3.36. The molecule has 160 valence electrons. The molecule has 0 spiro atoms. The van der Waals surface area contributed by atoms with E-state index in [0.29, 0.717) is 17.5 Å². The molecule has 0 aliphatic heterocycles. The number of ether oxygens (including phenoxy) is 1. The SMILES string of the molecule is COc1ccc(-c2nnc(SCc3noc(C(C)(C)C)n3)n2-c2ccc(C)cc2)cc1. The van der Waals surface area contributed by atoms with Crippen LogP contribution in [0.25, 0.3) is 17.1 Å². The lowest BCUT2D eigenvalue weighted by Gasteiger charge is -2.11. The zero-order valence-electron chi connectivity index (χ0n) is 18.3. The predicted molar refractivity (Wildman–Crippen MR) is 121 cm³/mol. The molecule has 0 unspecified atom stereocenters. The van der Waals surface area contributed by atoms with Crippen LogP contribution in [0, 0.1) is 6.92 Å². The van der Waals surface area contributed by atoms with Crippen LogP contribution in [0.15, 0.2) is 58.2 Å². The molecular formula is C23H25N5O2S. The van der Waals surface area contributed by atoms with Gasteiger partial charge in [0.1, 0.15) is 5.75 Å². The summed E-state index contributed by atoms with van der Waals surface area (Å²) in [5, 5.41) is 13.8. The van der Waals surface area contributed by atoms with E-state index in [1.807, 2.05) is 45.0 Å². The van der Waals surface area contributed by atoms with Gasteiger partial charge in [0.2, 0.25) is 5.89 Å². The lowest BCUT2D eigenvalue weighted by Crippen LogP contribution is -2.11. The van der Waals surface area contributed by atoms with Crippen molar-refractivity contribution in [2.45, 2.75) is 44.0 Å². The number of nitrogens with zero attached hydrogens (tertiary/aromatic N) is 5. The lowest BCUT2D eigenvalue weighted by molar-refractivity contribution is 0.319. The Morgan fingerprint density at radius 2 is 1.71 bits per heavy atom. The van der Waals surface area contributed by atoms with Gasteiger partial charge in [0.05, 0.1) is 12.9 Å². The molecule has 4 rings (SSSR count). The van der Waals surface area contributed by atoms with Gasteiger partial charge in [-0.3, -0.25) is 4.57 Å². The fraction of sp³-hybridized carbons (Fsp3) is 0.304. The van der Waals surface area contributed by atoms with E-state index >= 15 is 0 Å². The normalized spacial score (nSPS) is 11.6. The second kappa shape index (κ2) is 8.55. The number of rotatable bonds is 6. The fourth-order valence-corrected chi connectivity index (χ4v) is 3.76. The van der Waals surface area contributed by atoms with Crippen molar-refractivity contribution in [1.82, 2.24) is 24.9 Å². The summed E-state index contributed by atoms with van der Waals surface area (Å²) >= 11 is 1.53. The molecule has 0 N–H and O–H groups in total. The second-order valence-corrected chi connectivity index (χ2v) is 9.20. The molecule has 0 aliphatic rings. The van der Waals surface area contributed by atoms with Crippen LogP contribution >= 0.6 is 11.8 Å². The highest BCUT2D eigenvalue weighted by atomic mass is 32.2. The summed E-state index contributed by atoms with van der Waals surface area (Å²) in [4.78, 5) is 4.52. The van der Waals surface area contributed by atoms with Gasteiger partial charge in [0.15, 0.2) is 16.8 Å². The molecule has 0 bridgehead atoms. The van der Waals surface area contributed by atoms with E-state index in [0.717, 1.165) is 28.0 Å². The molecule has 2 aromatic heterocycles. The van der Waals surface area contributed by atoms with E-state index in [1.54, 1.807) is 7.11 Å². The van der Waals surface area contributed by atoms with E-state index in [4.69, 9.17) is 9.26 Å². The average Bonchev–Trinajstić information content (AvgIpc) is 3.40. The number of aromatic nitrogens is 5. The molecule has 2 aromatic carbocycles. The zero-order valence-corrected chi connectivity index (χ0v) is 19.1. The Morgan fingerprint density at radius 3 is 2.32 bits per heavy atom. The first kappa shape index (κ1) is 21.1. The molecule has 0 saturated carbocycles. The fourth-order valence-electron chi connectivity index (χ4n) is 2.96. The topological polar surface area (TPSA) is 78.9 Å². The number of thioether (sulfide) groups is 1. The van der Waals surface area contributed by atoms with Crippen LogP contribution < -0.4 is 4.74 Å². The summed E-state index contributed by atoms with van der Waals surface area (Å²) < 4.78 is 12.7. The summed E-state index contributed by atoms with van der Waals surface area (Å²) in [5.41, 5.74) is 2.96. The maximum Gasteiger partial charge on any atom is 0.232 e. The minimum absolute atomic E-state index is 0.181. The van der Waals surface area contributed by atoms with Crippen molar-refractivity contribution >= 4 is 11.8 Å². The van der Waals surface area contributed by atoms with Crippen LogP contribution in [0.5, 0.6) is 5.75 Å². The third kappa shape index (κ3) is 4.64. The summed E-state index contributed by atoms with van der Waals surface area (Å²) in [7, 11) is 1.65. The molecule has 31 heavy (non-hydrogen) atoms. The van der Waals surface area contributed by atoms with Crippen molar-refractivity contribution in [3.63, 3.8) is 0 Å². The van der Waals surface area contributed by atoms with Crippen LogP contribution in [0.4, 0.5) is 0 Å². The van der Waals surface area contributed by atoms with E-state index in [1.165, 1.54) is 17.3 Å². The molecule has 8 heteroatoms. The first-order valence-electron chi connectivity index (χ1n) is 9.98. The quantitative estimate of drug-likeness (QED) is 0.384. The summed E-state index contributed by atoms with van der Waals surface area (Å²) in [6, 6.07) is 16.1. The van der Waals surface area contributed by atoms with Crippen molar-refractivity contribution in [3.8, 4) is 22.8 Å². The van der Waals surface area contributed by atoms with Crippen molar-refractivity contribution in [2.75, 3.05) is 7.11 Å². The van der Waals surface area contributed by atoms with Gasteiger partial charge in [-0.15, -0.1) is 10.2 Å². The lowest BCUT2D eigenvalue weighted by atomic mass is 9.97. The van der Waals surface area contributed by atoms with Crippen LogP contribution in [-0.4, -0.2) is 32.0 Å². The van der Waals surface area contributed by atoms with Crippen molar-refractivity contribution in [3.05, 3.63) is 65.8 Å². The third-order valence-corrected chi connectivity index (χ3v) is 5.64. The Bertz CT molecular complexity index is 1160. The molecule has 0 saturated heterocycles. The van der Waals surface area contributed by atoms with Gasteiger partial charge in [0, 0.05) is 16.7 Å². The number of aryl methyl sites for hydroxylation is 1. The number of hydrogen-bond donors (Lipinski definition) is 0. The van der Waals surface area contributed by atoms with Gasteiger partial charge in [0.25, 0.3) is 0 Å². The molecule has 7 nitrogen and oxygen atoms in total. The van der Waals surface area contributed by atoms with Crippen LogP contribution in [0.1, 0.15) is 38.0 Å². The van der Waals surface area contributed by atoms with E-state index < -0.39 is 0 Å². The van der Waals surface area contributed by atoms with Crippen LogP contribution in [0.2, 0.25) is 0 Å². The third-order valence-electron chi connectivity index (χ3n) is 4.71. The minimum atomic E-state index is -0.181. The molecule has 0 fully saturated rings. The van der Waals surface area contributed by atoms with Crippen molar-refractivity contribution in [1.29, 1.82) is 0 Å². The van der Waals surface area contributed by atoms with E-state index in [-0.39, 0.29) is 5.41 Å². The number of methoxy groups -OCH3 is 1. The molecule has 2 heterocycles. The monoisotopic (exact) mass is 435 g/mol. The number of hydrogen-bond acceptors (Lipinski definition) is 7. The molecule has 0 aliphatic carbocycles. The maximum absolute atomic E-state index is 5.41. The molecule has 0 atom stereocenters. The van der Waals surface area contributed by atoms with Crippen LogP contribution in [0.3, 0.4) is 0 Å². The number of benzene rings is 2. The maximum atomic E-state index is 5.41. The smallest absolute Gasteiger partial charge is 0.232 e. The van der Waals surface area contributed by atoms with E-state index in [2.05, 4.69) is 56.1 Å². The highest BCUT2D eigenvalue weighted by Crippen LogP contribution is 2.31. The highest BCUT2D eigenvalue weighted by Gasteiger charge is 2.22. The zero-order chi connectivity index (χ0) is 22.0. The van der Waals surface area contributed by atoms with Gasteiger partial charge < -0.3 is 9.26 Å². The summed E-state index contributed by atoms with van der Waals surface area (Å²) in [6.45, 7) is 8.21. The Balaban J connectivity index is 1.67. The van der Waals surface area contributed by atoms with Gasteiger partial charge in [-0.1, -0.05) is 55.4 Å². The standard InChI is InChI=1S/C23H25N5O2S/c1-15-6-10-17(11-7-15)28-20(16-8-12-18(29-5)13-9-16)25-26-22(28)31-14-19-24-21(30-27-19)23(2,3)4/h6-13H,14H2,1-5H3. The minimum Gasteiger partial charge on any atom is -0.497 e. The van der Waals surface area contributed by atoms with E-state index in [9.17, 15) is 0 Å². The molecule has 0 radical (unpaired) electrons. The average molecular weight is 436 g/mol. The largest absolute Gasteiger partial charge is 0.497 e. The van der Waals surface area contributed by atoms with Crippen molar-refractivity contribution in [2.24, 2.45) is 0 Å². The summed E-state index contributed by atoms with van der Waals surface area (Å²) in [6.07, 6.45) is 0.